The summed E-state index contributed by atoms with van der Waals surface area (Å²) in [7, 11) is 0. The minimum absolute atomic E-state index is 0.267. The number of halogens is 1. The predicted octanol–water partition coefficient (Wildman–Crippen LogP) is 3.43. The zero-order chi connectivity index (χ0) is 12.8. The van der Waals surface area contributed by atoms with Crippen LogP contribution in [-0.4, -0.2) is 16.1 Å². The Kier molecular flexibility index (Phi) is 5.52. The van der Waals surface area contributed by atoms with Crippen LogP contribution in [0.4, 0.5) is 0 Å². The first kappa shape index (κ1) is 13.9. The van der Waals surface area contributed by atoms with Crippen molar-refractivity contribution >= 4 is 34.1 Å². The van der Waals surface area contributed by atoms with Crippen LogP contribution in [0, 0.1) is 3.57 Å². The van der Waals surface area contributed by atoms with Gasteiger partial charge in [-0.25, -0.2) is 0 Å². The lowest BCUT2D eigenvalue weighted by molar-refractivity contribution is 0.517. The highest BCUT2D eigenvalue weighted by Gasteiger charge is 2.14. The van der Waals surface area contributed by atoms with Crippen molar-refractivity contribution in [2.45, 2.75) is 25.8 Å². The van der Waals surface area contributed by atoms with Crippen LogP contribution >= 0.6 is 34.1 Å². The Hall–Kier alpha value is -0.530. The Morgan fingerprint density at radius 3 is 2.72 bits per heavy atom. The van der Waals surface area contributed by atoms with Crippen LogP contribution in [0.5, 0.6) is 0 Å². The number of hydrogen-bond donors (Lipinski definition) is 1. The summed E-state index contributed by atoms with van der Waals surface area (Å²) < 4.78 is 5.23. The molecule has 1 aromatic heterocycles. The van der Waals surface area contributed by atoms with Crippen LogP contribution in [0.1, 0.15) is 30.6 Å². The Balaban J connectivity index is 2.07. The van der Waals surface area contributed by atoms with Gasteiger partial charge in [-0.3, -0.25) is 0 Å². The highest BCUT2D eigenvalue weighted by atomic mass is 127. The zero-order valence-corrected chi connectivity index (χ0v) is 13.2. The molecular formula is C13H16IN3S. The molecule has 0 fully saturated rings. The molecule has 5 heteroatoms. The zero-order valence-electron chi connectivity index (χ0n) is 10.3. The van der Waals surface area contributed by atoms with E-state index < -0.39 is 0 Å². The maximum atomic E-state index is 4.19. The van der Waals surface area contributed by atoms with Crippen molar-refractivity contribution in [1.29, 1.82) is 0 Å². The summed E-state index contributed by atoms with van der Waals surface area (Å²) in [5.74, 6) is 0. The maximum absolute atomic E-state index is 4.19. The lowest BCUT2D eigenvalue weighted by atomic mass is 10.0. The molecular weight excluding hydrogens is 357 g/mol. The van der Waals surface area contributed by atoms with Crippen LogP contribution in [0.3, 0.4) is 0 Å². The molecule has 1 heterocycles. The lowest BCUT2D eigenvalue weighted by Crippen LogP contribution is -2.24. The molecule has 1 aromatic carbocycles. The van der Waals surface area contributed by atoms with Crippen LogP contribution in [0.2, 0.25) is 0 Å². The summed E-state index contributed by atoms with van der Waals surface area (Å²) in [4.78, 5) is 0. The number of nitrogens with zero attached hydrogens (tertiary/aromatic N) is 2. The summed E-state index contributed by atoms with van der Waals surface area (Å²) in [6.45, 7) is 3.18. The quantitative estimate of drug-likeness (QED) is 0.789. The third-order valence-corrected chi connectivity index (χ3v) is 3.97. The van der Waals surface area contributed by atoms with E-state index in [4.69, 9.17) is 0 Å². The van der Waals surface area contributed by atoms with E-state index in [1.165, 1.54) is 20.7 Å². The first-order chi connectivity index (χ1) is 8.79. The first-order valence-corrected chi connectivity index (χ1v) is 7.96. The van der Waals surface area contributed by atoms with E-state index in [2.05, 4.69) is 68.7 Å². The minimum atomic E-state index is 0.267. The highest BCUT2D eigenvalue weighted by Crippen LogP contribution is 2.18. The average molecular weight is 373 g/mol. The third-order valence-electron chi connectivity index (χ3n) is 2.73. The monoisotopic (exact) mass is 373 g/mol. The van der Waals surface area contributed by atoms with Crippen molar-refractivity contribution in [3.63, 3.8) is 0 Å². The molecule has 18 heavy (non-hydrogen) atoms. The van der Waals surface area contributed by atoms with Crippen LogP contribution in [-0.2, 0) is 6.42 Å². The van der Waals surface area contributed by atoms with Gasteiger partial charge in [-0.2, -0.15) is 0 Å². The molecule has 2 aromatic rings. The van der Waals surface area contributed by atoms with Gasteiger partial charge >= 0.3 is 0 Å². The topological polar surface area (TPSA) is 37.8 Å². The summed E-state index contributed by atoms with van der Waals surface area (Å²) in [6, 6.07) is 8.92. The molecule has 0 aliphatic carbocycles. The number of benzene rings is 1. The Morgan fingerprint density at radius 2 is 2.11 bits per heavy atom. The van der Waals surface area contributed by atoms with Crippen molar-refractivity contribution in [2.75, 3.05) is 6.54 Å². The van der Waals surface area contributed by atoms with Crippen molar-refractivity contribution < 1.29 is 0 Å². The van der Waals surface area contributed by atoms with E-state index in [-0.39, 0.29) is 6.04 Å². The molecule has 3 nitrogen and oxygen atoms in total. The van der Waals surface area contributed by atoms with Crippen LogP contribution < -0.4 is 5.32 Å². The fourth-order valence-electron chi connectivity index (χ4n) is 1.78. The van der Waals surface area contributed by atoms with Crippen molar-refractivity contribution in [1.82, 2.24) is 14.9 Å². The molecule has 2 rings (SSSR count). The van der Waals surface area contributed by atoms with E-state index in [1.807, 2.05) is 5.38 Å². The molecule has 1 atom stereocenters. The second kappa shape index (κ2) is 7.16. The summed E-state index contributed by atoms with van der Waals surface area (Å²) >= 11 is 3.74. The maximum Gasteiger partial charge on any atom is 0.0928 e. The van der Waals surface area contributed by atoms with Gasteiger partial charge in [0.25, 0.3) is 0 Å². The fraction of sp³-hybridized carbons (Fsp3) is 0.385. The number of nitrogens with one attached hydrogen (secondary N) is 1. The van der Waals surface area contributed by atoms with Gasteiger partial charge in [-0.15, -0.1) is 5.10 Å². The van der Waals surface area contributed by atoms with Gasteiger partial charge in [0.1, 0.15) is 0 Å². The number of aromatic nitrogens is 2. The van der Waals surface area contributed by atoms with Gasteiger partial charge in [0.2, 0.25) is 0 Å². The molecule has 1 N–H and O–H groups in total. The molecule has 0 amide bonds. The van der Waals surface area contributed by atoms with Crippen LogP contribution in [0.15, 0.2) is 29.6 Å². The molecule has 96 valence electrons. The third kappa shape index (κ3) is 4.00. The second-order valence-corrected chi connectivity index (χ2v) is 6.02. The van der Waals surface area contributed by atoms with Crippen molar-refractivity contribution in [3.05, 3.63) is 44.5 Å². The lowest BCUT2D eigenvalue weighted by Gasteiger charge is -2.16. The van der Waals surface area contributed by atoms with E-state index in [0.29, 0.717) is 0 Å². The highest BCUT2D eigenvalue weighted by molar-refractivity contribution is 14.1. The average Bonchev–Trinajstić information content (AvgIpc) is 2.90. The van der Waals surface area contributed by atoms with Crippen LogP contribution in [0.25, 0.3) is 0 Å². The fourth-order valence-corrected chi connectivity index (χ4v) is 2.65. The molecule has 0 spiro atoms. The molecule has 0 saturated carbocycles. The number of rotatable bonds is 6. The van der Waals surface area contributed by atoms with E-state index in [1.54, 1.807) is 0 Å². The molecule has 0 bridgehead atoms. The van der Waals surface area contributed by atoms with Gasteiger partial charge in [0, 0.05) is 8.95 Å². The molecule has 1 unspecified atom stereocenters. The van der Waals surface area contributed by atoms with Gasteiger partial charge < -0.3 is 5.32 Å². The Bertz CT molecular complexity index is 456. The minimum Gasteiger partial charge on any atom is -0.308 e. The standard InChI is InChI=1S/C13H16IN3S/c1-2-7-15-12(13-9-18-17-16-13)8-10-3-5-11(14)6-4-10/h3-6,9,12,15H,2,7-8H2,1H3. The second-order valence-electron chi connectivity index (χ2n) is 4.17. The van der Waals surface area contributed by atoms with Gasteiger partial charge in [-0.1, -0.05) is 23.5 Å². The van der Waals surface area contributed by atoms with Gasteiger partial charge in [0.05, 0.1) is 11.7 Å². The van der Waals surface area contributed by atoms with E-state index >= 15 is 0 Å². The van der Waals surface area contributed by atoms with Gasteiger partial charge in [-0.05, 0) is 71.2 Å². The Labute approximate surface area is 125 Å². The smallest absolute Gasteiger partial charge is 0.0928 e. The predicted molar refractivity (Wildman–Crippen MR) is 83.8 cm³/mol. The largest absolute Gasteiger partial charge is 0.308 e. The molecule has 0 radical (unpaired) electrons. The number of hydrogen-bond acceptors (Lipinski definition) is 4. The molecule has 0 saturated heterocycles. The van der Waals surface area contributed by atoms with E-state index in [9.17, 15) is 0 Å². The molecule has 0 aliphatic rings. The van der Waals surface area contributed by atoms with Gasteiger partial charge in [0.15, 0.2) is 0 Å². The normalized spacial score (nSPS) is 12.6. The summed E-state index contributed by atoms with van der Waals surface area (Å²) in [5, 5.41) is 9.75. The summed E-state index contributed by atoms with van der Waals surface area (Å²) in [5.41, 5.74) is 2.38. The Morgan fingerprint density at radius 1 is 1.33 bits per heavy atom. The molecule has 0 aliphatic heterocycles. The summed E-state index contributed by atoms with van der Waals surface area (Å²) in [6.07, 6.45) is 2.09. The first-order valence-electron chi connectivity index (χ1n) is 6.04. The SMILES string of the molecule is CCCNC(Cc1ccc(I)cc1)c1csnn1. The van der Waals surface area contributed by atoms with Crippen molar-refractivity contribution in [2.24, 2.45) is 0 Å². The van der Waals surface area contributed by atoms with Crippen molar-refractivity contribution in [3.8, 4) is 0 Å². The van der Waals surface area contributed by atoms with E-state index in [0.717, 1.165) is 25.1 Å².